The van der Waals surface area contributed by atoms with E-state index in [-0.39, 0.29) is 6.01 Å². The number of hydrogen-bond donors (Lipinski definition) is 2. The normalized spacial score (nSPS) is 25.9. The minimum atomic E-state index is 0.121. The molecule has 0 aliphatic heterocycles. The fourth-order valence-electron chi connectivity index (χ4n) is 1.57. The van der Waals surface area contributed by atoms with E-state index in [4.69, 9.17) is 10.2 Å². The summed E-state index contributed by atoms with van der Waals surface area (Å²) in [5.41, 5.74) is 5.29. The summed E-state index contributed by atoms with van der Waals surface area (Å²) in [4.78, 5) is 0. The standard InChI is InChI=1S/C8H14N4O/c1-2-3-5-4-6(5)10-8-12-11-7(9)13-8/h5-6H,2-4H2,1H3,(H2,9,11)(H,10,12). The van der Waals surface area contributed by atoms with Crippen LogP contribution in [-0.2, 0) is 0 Å². The predicted molar refractivity (Wildman–Crippen MR) is 49.1 cm³/mol. The minimum absolute atomic E-state index is 0.121. The molecule has 1 aliphatic carbocycles. The van der Waals surface area contributed by atoms with E-state index in [1.165, 1.54) is 19.3 Å². The van der Waals surface area contributed by atoms with Gasteiger partial charge in [0, 0.05) is 6.04 Å². The van der Waals surface area contributed by atoms with E-state index in [1.807, 2.05) is 0 Å². The lowest BCUT2D eigenvalue weighted by molar-refractivity contribution is 0.581. The first kappa shape index (κ1) is 8.34. The lowest BCUT2D eigenvalue weighted by Gasteiger charge is -1.97. The molecule has 0 amide bonds. The van der Waals surface area contributed by atoms with Crippen LogP contribution in [0.15, 0.2) is 4.42 Å². The highest BCUT2D eigenvalue weighted by atomic mass is 16.4. The lowest BCUT2D eigenvalue weighted by Crippen LogP contribution is -2.04. The van der Waals surface area contributed by atoms with Crippen molar-refractivity contribution in [2.24, 2.45) is 5.92 Å². The topological polar surface area (TPSA) is 77.0 Å². The number of aromatic nitrogens is 2. The molecule has 0 spiro atoms. The average Bonchev–Trinajstić information content (AvgIpc) is 2.66. The van der Waals surface area contributed by atoms with Gasteiger partial charge < -0.3 is 15.5 Å². The molecule has 5 heteroatoms. The molecule has 1 aliphatic rings. The van der Waals surface area contributed by atoms with Gasteiger partial charge in [0.2, 0.25) is 0 Å². The Morgan fingerprint density at radius 2 is 2.46 bits per heavy atom. The van der Waals surface area contributed by atoms with Gasteiger partial charge in [0.15, 0.2) is 0 Å². The van der Waals surface area contributed by atoms with Crippen LogP contribution in [0.2, 0.25) is 0 Å². The third kappa shape index (κ3) is 1.91. The Hall–Kier alpha value is -1.26. The highest BCUT2D eigenvalue weighted by molar-refractivity contribution is 5.27. The largest absolute Gasteiger partial charge is 0.390 e. The summed E-state index contributed by atoms with van der Waals surface area (Å²) in [6.07, 6.45) is 3.70. The van der Waals surface area contributed by atoms with E-state index >= 15 is 0 Å². The van der Waals surface area contributed by atoms with Crippen molar-refractivity contribution in [3.8, 4) is 0 Å². The van der Waals surface area contributed by atoms with E-state index in [0.717, 1.165) is 5.92 Å². The molecular formula is C8H14N4O. The van der Waals surface area contributed by atoms with Gasteiger partial charge in [0.05, 0.1) is 0 Å². The zero-order valence-electron chi connectivity index (χ0n) is 7.66. The smallest absolute Gasteiger partial charge is 0.317 e. The van der Waals surface area contributed by atoms with Crippen molar-refractivity contribution in [2.75, 3.05) is 11.1 Å². The van der Waals surface area contributed by atoms with Crippen LogP contribution in [0.5, 0.6) is 0 Å². The van der Waals surface area contributed by atoms with Crippen LogP contribution >= 0.6 is 0 Å². The fraction of sp³-hybridized carbons (Fsp3) is 0.750. The number of hydrogen-bond acceptors (Lipinski definition) is 5. The molecule has 0 aromatic carbocycles. The molecule has 5 nitrogen and oxygen atoms in total. The van der Waals surface area contributed by atoms with Crippen LogP contribution in [0, 0.1) is 5.92 Å². The van der Waals surface area contributed by atoms with Crippen molar-refractivity contribution in [2.45, 2.75) is 32.2 Å². The van der Waals surface area contributed by atoms with E-state index in [2.05, 4.69) is 22.4 Å². The monoisotopic (exact) mass is 182 g/mol. The van der Waals surface area contributed by atoms with E-state index in [1.54, 1.807) is 0 Å². The number of nitrogens with one attached hydrogen (secondary N) is 1. The second kappa shape index (κ2) is 3.24. The van der Waals surface area contributed by atoms with E-state index in [0.29, 0.717) is 12.1 Å². The second-order valence-corrected chi connectivity index (χ2v) is 3.48. The lowest BCUT2D eigenvalue weighted by atomic mass is 10.2. The fourth-order valence-corrected chi connectivity index (χ4v) is 1.57. The molecule has 1 saturated carbocycles. The van der Waals surface area contributed by atoms with Crippen LogP contribution < -0.4 is 11.1 Å². The van der Waals surface area contributed by atoms with Crippen molar-refractivity contribution in [1.29, 1.82) is 0 Å². The Labute approximate surface area is 76.7 Å². The predicted octanol–water partition coefficient (Wildman–Crippen LogP) is 1.25. The van der Waals surface area contributed by atoms with Crippen LogP contribution in [-0.4, -0.2) is 16.2 Å². The van der Waals surface area contributed by atoms with Gasteiger partial charge in [-0.3, -0.25) is 0 Å². The molecule has 2 atom stereocenters. The van der Waals surface area contributed by atoms with Crippen molar-refractivity contribution in [3.05, 3.63) is 0 Å². The van der Waals surface area contributed by atoms with Crippen molar-refractivity contribution < 1.29 is 4.42 Å². The third-order valence-electron chi connectivity index (χ3n) is 2.33. The number of nitrogens with zero attached hydrogens (tertiary/aromatic N) is 2. The first-order valence-corrected chi connectivity index (χ1v) is 4.65. The van der Waals surface area contributed by atoms with Gasteiger partial charge in [0.1, 0.15) is 0 Å². The molecule has 3 N–H and O–H groups in total. The minimum Gasteiger partial charge on any atom is -0.390 e. The van der Waals surface area contributed by atoms with Crippen LogP contribution in [0.25, 0.3) is 0 Å². The first-order chi connectivity index (χ1) is 6.29. The summed E-state index contributed by atoms with van der Waals surface area (Å²) in [5, 5.41) is 10.5. The molecule has 0 bridgehead atoms. The maximum Gasteiger partial charge on any atom is 0.317 e. The van der Waals surface area contributed by atoms with Gasteiger partial charge >= 0.3 is 12.0 Å². The Morgan fingerprint density at radius 1 is 1.62 bits per heavy atom. The zero-order chi connectivity index (χ0) is 9.26. The quantitative estimate of drug-likeness (QED) is 0.732. The van der Waals surface area contributed by atoms with Gasteiger partial charge in [-0.1, -0.05) is 23.5 Å². The summed E-state index contributed by atoms with van der Waals surface area (Å²) in [6.45, 7) is 2.19. The summed E-state index contributed by atoms with van der Waals surface area (Å²) >= 11 is 0. The molecular weight excluding hydrogens is 168 g/mol. The number of nitrogen functional groups attached to an aromatic ring is 1. The molecule has 1 heterocycles. The second-order valence-electron chi connectivity index (χ2n) is 3.48. The van der Waals surface area contributed by atoms with E-state index < -0.39 is 0 Å². The first-order valence-electron chi connectivity index (χ1n) is 4.65. The number of rotatable bonds is 4. The SMILES string of the molecule is CCCC1CC1Nc1nnc(N)o1. The molecule has 72 valence electrons. The molecule has 0 radical (unpaired) electrons. The van der Waals surface area contributed by atoms with Gasteiger partial charge in [-0.2, -0.15) is 0 Å². The summed E-state index contributed by atoms with van der Waals surface area (Å²) < 4.78 is 5.01. The molecule has 0 saturated heterocycles. The highest BCUT2D eigenvalue weighted by Crippen LogP contribution is 2.36. The summed E-state index contributed by atoms with van der Waals surface area (Å²) in [7, 11) is 0. The average molecular weight is 182 g/mol. The summed E-state index contributed by atoms with van der Waals surface area (Å²) in [6, 6.07) is 1.08. The molecule has 13 heavy (non-hydrogen) atoms. The van der Waals surface area contributed by atoms with Crippen molar-refractivity contribution in [1.82, 2.24) is 10.2 Å². The van der Waals surface area contributed by atoms with Crippen molar-refractivity contribution >= 4 is 12.0 Å². The molecule has 1 aromatic rings. The van der Waals surface area contributed by atoms with Gasteiger partial charge in [-0.15, -0.1) is 0 Å². The molecule has 2 unspecified atom stereocenters. The number of anilines is 2. The molecule has 2 rings (SSSR count). The van der Waals surface area contributed by atoms with Gasteiger partial charge in [-0.05, 0) is 18.8 Å². The maximum atomic E-state index is 5.29. The summed E-state index contributed by atoms with van der Waals surface area (Å²) in [5.74, 6) is 0.776. The van der Waals surface area contributed by atoms with Gasteiger partial charge in [0.25, 0.3) is 0 Å². The zero-order valence-corrected chi connectivity index (χ0v) is 7.66. The van der Waals surface area contributed by atoms with Crippen LogP contribution in [0.4, 0.5) is 12.0 Å². The number of nitrogens with two attached hydrogens (primary N) is 1. The maximum absolute atomic E-state index is 5.29. The third-order valence-corrected chi connectivity index (χ3v) is 2.33. The molecule has 1 fully saturated rings. The Bertz CT molecular complexity index is 285. The Morgan fingerprint density at radius 3 is 3.08 bits per heavy atom. The Balaban J connectivity index is 1.81. The Kier molecular flexibility index (Phi) is 2.08. The van der Waals surface area contributed by atoms with E-state index in [9.17, 15) is 0 Å². The van der Waals surface area contributed by atoms with Crippen molar-refractivity contribution in [3.63, 3.8) is 0 Å². The highest BCUT2D eigenvalue weighted by Gasteiger charge is 2.36. The van der Waals surface area contributed by atoms with Crippen LogP contribution in [0.3, 0.4) is 0 Å². The van der Waals surface area contributed by atoms with Crippen LogP contribution in [0.1, 0.15) is 26.2 Å². The van der Waals surface area contributed by atoms with Gasteiger partial charge in [-0.25, -0.2) is 0 Å². The molecule has 1 aromatic heterocycles.